The Morgan fingerprint density at radius 2 is 2.25 bits per heavy atom. The van der Waals surface area contributed by atoms with Gasteiger partial charge in [-0.05, 0) is 6.42 Å². The van der Waals surface area contributed by atoms with E-state index in [1.54, 1.807) is 6.92 Å². The van der Waals surface area contributed by atoms with Gasteiger partial charge in [-0.25, -0.2) is 4.79 Å². The van der Waals surface area contributed by atoms with E-state index in [2.05, 4.69) is 4.79 Å². The van der Waals surface area contributed by atoms with Gasteiger partial charge in [0, 0.05) is 0 Å². The summed E-state index contributed by atoms with van der Waals surface area (Å²) < 4.78 is 0. The second-order valence-electron chi connectivity index (χ2n) is 2.37. The molecule has 1 atom stereocenters. The van der Waals surface area contributed by atoms with Crippen molar-refractivity contribution in [1.82, 2.24) is 0 Å². The molecule has 68 valence electrons. The fraction of sp³-hybridized carbons (Fsp3) is 0.667. The molecule has 0 bridgehead atoms. The molecule has 0 aliphatic carbocycles. The fourth-order valence-corrected chi connectivity index (χ4v) is 0.677. The van der Waals surface area contributed by atoms with Gasteiger partial charge in [-0.2, -0.15) is 4.79 Å². The Labute approximate surface area is 69.2 Å². The van der Waals surface area contributed by atoms with Crippen LogP contribution in [0.25, 0.3) is 5.53 Å². The number of aliphatic carboxylic acids is 1. The topological polar surface area (TPSA) is 120 Å². The zero-order valence-corrected chi connectivity index (χ0v) is 6.69. The molecule has 6 heteroatoms. The van der Waals surface area contributed by atoms with Crippen LogP contribution in [0.2, 0.25) is 0 Å². The summed E-state index contributed by atoms with van der Waals surface area (Å²) in [5.41, 5.74) is 10.4. The normalized spacial score (nSPS) is 14.6. The van der Waals surface area contributed by atoms with Crippen LogP contribution in [0, 0.1) is 0 Å². The van der Waals surface area contributed by atoms with Crippen LogP contribution >= 0.6 is 0 Å². The molecule has 0 aromatic heterocycles. The average Bonchev–Trinajstić information content (AvgIpc) is 1.99. The Bertz CT molecular complexity index is 230. The van der Waals surface area contributed by atoms with Crippen LogP contribution in [0.1, 0.15) is 19.8 Å². The summed E-state index contributed by atoms with van der Waals surface area (Å²) in [5, 5.41) is 17.5. The molecule has 0 aliphatic heterocycles. The first-order valence-electron chi connectivity index (χ1n) is 3.42. The van der Waals surface area contributed by atoms with Crippen molar-refractivity contribution in [3.05, 3.63) is 5.53 Å². The lowest BCUT2D eigenvalue weighted by molar-refractivity contribution is -0.154. The molecule has 0 fully saturated rings. The Hall–Kier alpha value is -1.23. The summed E-state index contributed by atoms with van der Waals surface area (Å²) in [6.45, 7) is 1.74. The van der Waals surface area contributed by atoms with Crippen LogP contribution in [0.3, 0.4) is 0 Å². The molecular formula is C6H11N3O3. The van der Waals surface area contributed by atoms with Crippen molar-refractivity contribution >= 4 is 11.7 Å². The number of carbonyl (C=O) groups is 1. The quantitative estimate of drug-likeness (QED) is 0.223. The molecule has 0 saturated carbocycles. The molecule has 1 unspecified atom stereocenters. The van der Waals surface area contributed by atoms with Crippen molar-refractivity contribution in [2.45, 2.75) is 25.5 Å². The Morgan fingerprint density at radius 3 is 2.50 bits per heavy atom. The van der Waals surface area contributed by atoms with Gasteiger partial charge in [0.05, 0.1) is 6.42 Å². The molecule has 4 N–H and O–H groups in total. The van der Waals surface area contributed by atoms with E-state index in [0.717, 1.165) is 0 Å². The van der Waals surface area contributed by atoms with E-state index in [9.17, 15) is 4.79 Å². The van der Waals surface area contributed by atoms with E-state index >= 15 is 0 Å². The van der Waals surface area contributed by atoms with E-state index in [-0.39, 0.29) is 12.1 Å². The Morgan fingerprint density at radius 1 is 1.75 bits per heavy atom. The number of rotatable bonds is 4. The zero-order chi connectivity index (χ0) is 9.78. The smallest absolute Gasteiger partial charge is 0.363 e. The number of hydrogen-bond acceptors (Lipinski definition) is 3. The van der Waals surface area contributed by atoms with Crippen LogP contribution in [0.15, 0.2) is 0 Å². The molecule has 6 nitrogen and oxygen atoms in total. The highest BCUT2D eigenvalue weighted by Gasteiger charge is 2.43. The SMILES string of the molecule is CCCC(=[N+]=[N-])C(N)(O)C(=O)O. The zero-order valence-electron chi connectivity index (χ0n) is 6.69. The molecule has 0 radical (unpaired) electrons. The minimum absolute atomic E-state index is 0.135. The number of aliphatic hydroxyl groups is 1. The Kier molecular flexibility index (Phi) is 3.56. The first kappa shape index (κ1) is 10.8. The van der Waals surface area contributed by atoms with Gasteiger partial charge in [-0.15, -0.1) is 0 Å². The third kappa shape index (κ3) is 2.13. The molecule has 0 spiro atoms. The van der Waals surface area contributed by atoms with Crippen molar-refractivity contribution < 1.29 is 19.8 Å². The van der Waals surface area contributed by atoms with Gasteiger partial charge >= 0.3 is 17.4 Å². The minimum Gasteiger partial charge on any atom is -0.478 e. The maximum atomic E-state index is 10.3. The van der Waals surface area contributed by atoms with Gasteiger partial charge in [0.15, 0.2) is 0 Å². The number of nitrogens with two attached hydrogens (primary N) is 1. The highest BCUT2D eigenvalue weighted by Crippen LogP contribution is 2.03. The summed E-state index contributed by atoms with van der Waals surface area (Å²) in [4.78, 5) is 13.0. The van der Waals surface area contributed by atoms with Crippen molar-refractivity contribution in [2.24, 2.45) is 5.73 Å². The Balaban J connectivity index is 4.73. The molecule has 0 aromatic carbocycles. The lowest BCUT2D eigenvalue weighted by Crippen LogP contribution is -2.55. The highest BCUT2D eigenvalue weighted by atomic mass is 16.4. The molecule has 12 heavy (non-hydrogen) atoms. The molecule has 0 heterocycles. The van der Waals surface area contributed by atoms with Gasteiger partial charge < -0.3 is 15.7 Å². The van der Waals surface area contributed by atoms with Crippen LogP contribution in [-0.4, -0.2) is 32.4 Å². The summed E-state index contributed by atoms with van der Waals surface area (Å²) in [6.07, 6.45) is 0.669. The van der Waals surface area contributed by atoms with Crippen LogP contribution in [0.4, 0.5) is 0 Å². The molecule has 0 aliphatic rings. The maximum Gasteiger partial charge on any atom is 0.363 e. The van der Waals surface area contributed by atoms with E-state index in [0.29, 0.717) is 6.42 Å². The fourth-order valence-electron chi connectivity index (χ4n) is 0.677. The second-order valence-corrected chi connectivity index (χ2v) is 2.37. The van der Waals surface area contributed by atoms with E-state index in [1.807, 2.05) is 0 Å². The summed E-state index contributed by atoms with van der Waals surface area (Å²) in [5.74, 6) is -1.64. The highest BCUT2D eigenvalue weighted by molar-refractivity contribution is 6.05. The maximum absolute atomic E-state index is 10.3. The molecule has 0 rings (SSSR count). The monoisotopic (exact) mass is 173 g/mol. The van der Waals surface area contributed by atoms with E-state index < -0.39 is 11.7 Å². The lowest BCUT2D eigenvalue weighted by Gasteiger charge is -2.11. The first-order valence-corrected chi connectivity index (χ1v) is 3.42. The lowest BCUT2D eigenvalue weighted by atomic mass is 10.1. The van der Waals surface area contributed by atoms with E-state index in [4.69, 9.17) is 21.5 Å². The predicted molar refractivity (Wildman–Crippen MR) is 40.3 cm³/mol. The van der Waals surface area contributed by atoms with Crippen LogP contribution in [-0.2, 0) is 4.79 Å². The first-order chi connectivity index (χ1) is 5.46. The van der Waals surface area contributed by atoms with Crippen molar-refractivity contribution in [3.63, 3.8) is 0 Å². The summed E-state index contributed by atoms with van der Waals surface area (Å²) in [6, 6.07) is 0. The van der Waals surface area contributed by atoms with Gasteiger partial charge in [-0.3, -0.25) is 5.73 Å². The molecule has 0 amide bonds. The number of nitrogens with zero attached hydrogens (tertiary/aromatic N) is 2. The second kappa shape index (κ2) is 3.96. The molecule has 0 aromatic rings. The summed E-state index contributed by atoms with van der Waals surface area (Å²) >= 11 is 0. The van der Waals surface area contributed by atoms with Crippen molar-refractivity contribution in [1.29, 1.82) is 0 Å². The standard InChI is InChI=1S/C6H11N3O3/c1-2-3-4(9-8)6(7,12)5(10)11/h12H,2-3,7H2,1H3,(H,10,11). The van der Waals surface area contributed by atoms with Crippen molar-refractivity contribution in [3.8, 4) is 0 Å². The summed E-state index contributed by atoms with van der Waals surface area (Å²) in [7, 11) is 0. The van der Waals surface area contributed by atoms with Crippen molar-refractivity contribution in [2.75, 3.05) is 0 Å². The third-order valence-electron chi connectivity index (χ3n) is 1.37. The predicted octanol–water partition coefficient (Wildman–Crippen LogP) is -0.811. The molecule has 0 saturated heterocycles. The van der Waals surface area contributed by atoms with Gasteiger partial charge in [0.25, 0.3) is 0 Å². The van der Waals surface area contributed by atoms with Crippen LogP contribution < -0.4 is 5.73 Å². The van der Waals surface area contributed by atoms with Gasteiger partial charge in [0.1, 0.15) is 0 Å². The average molecular weight is 173 g/mol. The minimum atomic E-state index is -2.56. The largest absolute Gasteiger partial charge is 0.478 e. The van der Waals surface area contributed by atoms with Gasteiger partial charge in [0.2, 0.25) is 0 Å². The number of carboxylic acid groups (broad SMARTS) is 1. The number of carboxylic acids is 1. The van der Waals surface area contributed by atoms with Crippen LogP contribution in [0.5, 0.6) is 0 Å². The van der Waals surface area contributed by atoms with Gasteiger partial charge in [-0.1, -0.05) is 6.92 Å². The molecular weight excluding hydrogens is 162 g/mol. The van der Waals surface area contributed by atoms with E-state index in [1.165, 1.54) is 0 Å². The third-order valence-corrected chi connectivity index (χ3v) is 1.37. The number of hydrogen-bond donors (Lipinski definition) is 3.